The average Bonchev–Trinajstić information content (AvgIpc) is 2.47. The van der Waals surface area contributed by atoms with Crippen LogP contribution in [0.1, 0.15) is 12.8 Å². The van der Waals surface area contributed by atoms with Crippen molar-refractivity contribution in [3.05, 3.63) is 57.5 Å². The molecule has 0 fully saturated rings. The van der Waals surface area contributed by atoms with Crippen LogP contribution in [0.25, 0.3) is 0 Å². The molecule has 2 rings (SSSR count). The van der Waals surface area contributed by atoms with Crippen molar-refractivity contribution in [3.63, 3.8) is 0 Å². The van der Waals surface area contributed by atoms with Gasteiger partial charge in [0, 0.05) is 18.6 Å². The van der Waals surface area contributed by atoms with Gasteiger partial charge in [-0.25, -0.2) is 0 Å². The van der Waals surface area contributed by atoms with Crippen molar-refractivity contribution in [1.82, 2.24) is 0 Å². The minimum atomic E-state index is -0.478. The number of nitro benzene ring substituents is 1. The number of rotatable bonds is 5. The predicted octanol–water partition coefficient (Wildman–Crippen LogP) is 2.75. The summed E-state index contributed by atoms with van der Waals surface area (Å²) in [5.41, 5.74) is 0.619. The SMILES string of the molecule is COC1=C(Oc2ccc([N+](=O)[O-])cc2)C=C(C=O)CC1. The fourth-order valence-corrected chi connectivity index (χ4v) is 1.85. The van der Waals surface area contributed by atoms with Crippen LogP contribution < -0.4 is 4.74 Å². The van der Waals surface area contributed by atoms with Gasteiger partial charge in [-0.15, -0.1) is 0 Å². The van der Waals surface area contributed by atoms with Gasteiger partial charge in [0.05, 0.1) is 12.0 Å². The van der Waals surface area contributed by atoms with Crippen molar-refractivity contribution < 1.29 is 19.2 Å². The molecular formula is C14H13NO5. The normalized spacial score (nSPS) is 14.6. The molecule has 1 aromatic rings. The summed E-state index contributed by atoms with van der Waals surface area (Å²) in [5, 5.41) is 10.6. The Morgan fingerprint density at radius 2 is 1.95 bits per heavy atom. The zero-order valence-electron chi connectivity index (χ0n) is 10.9. The second-order valence-corrected chi connectivity index (χ2v) is 4.18. The summed E-state index contributed by atoms with van der Waals surface area (Å²) in [7, 11) is 1.54. The summed E-state index contributed by atoms with van der Waals surface area (Å²) in [6, 6.07) is 5.72. The first-order valence-corrected chi connectivity index (χ1v) is 5.99. The number of nitro groups is 1. The van der Waals surface area contributed by atoms with E-state index in [1.165, 1.54) is 31.4 Å². The number of methoxy groups -OCH3 is 1. The topological polar surface area (TPSA) is 78.7 Å². The van der Waals surface area contributed by atoms with Gasteiger partial charge in [0.15, 0.2) is 5.76 Å². The number of ether oxygens (including phenoxy) is 2. The number of carbonyl (C=O) groups excluding carboxylic acids is 1. The van der Waals surface area contributed by atoms with Gasteiger partial charge in [-0.3, -0.25) is 14.9 Å². The highest BCUT2D eigenvalue weighted by Gasteiger charge is 2.16. The molecule has 0 radical (unpaired) electrons. The fraction of sp³-hybridized carbons (Fsp3) is 0.214. The molecule has 6 heteroatoms. The lowest BCUT2D eigenvalue weighted by atomic mass is 10.0. The lowest BCUT2D eigenvalue weighted by Crippen LogP contribution is -2.07. The molecule has 6 nitrogen and oxygen atoms in total. The number of aldehydes is 1. The van der Waals surface area contributed by atoms with Crippen LogP contribution in [0.5, 0.6) is 5.75 Å². The molecule has 0 spiro atoms. The van der Waals surface area contributed by atoms with Gasteiger partial charge in [0.2, 0.25) is 0 Å². The Morgan fingerprint density at radius 1 is 1.25 bits per heavy atom. The van der Waals surface area contributed by atoms with Crippen molar-refractivity contribution >= 4 is 12.0 Å². The molecule has 1 aromatic carbocycles. The number of nitrogens with zero attached hydrogens (tertiary/aromatic N) is 1. The van der Waals surface area contributed by atoms with Crippen LogP contribution in [0.15, 0.2) is 47.4 Å². The summed E-state index contributed by atoms with van der Waals surface area (Å²) < 4.78 is 10.8. The van der Waals surface area contributed by atoms with Crippen molar-refractivity contribution in [2.45, 2.75) is 12.8 Å². The van der Waals surface area contributed by atoms with Crippen LogP contribution in [0.3, 0.4) is 0 Å². The van der Waals surface area contributed by atoms with E-state index < -0.39 is 4.92 Å². The van der Waals surface area contributed by atoms with Crippen LogP contribution in [0, 0.1) is 10.1 Å². The maximum Gasteiger partial charge on any atom is 0.269 e. The molecule has 0 aromatic heterocycles. The number of allylic oxidation sites excluding steroid dienone is 3. The highest BCUT2D eigenvalue weighted by atomic mass is 16.6. The Balaban J connectivity index is 2.22. The molecule has 0 bridgehead atoms. The molecule has 0 heterocycles. The molecule has 0 aliphatic heterocycles. The van der Waals surface area contributed by atoms with E-state index >= 15 is 0 Å². The molecule has 0 saturated carbocycles. The minimum absolute atomic E-state index is 0.00828. The van der Waals surface area contributed by atoms with Gasteiger partial charge >= 0.3 is 0 Å². The fourth-order valence-electron chi connectivity index (χ4n) is 1.85. The third-order valence-corrected chi connectivity index (χ3v) is 2.91. The van der Waals surface area contributed by atoms with Crippen LogP contribution in [0.4, 0.5) is 5.69 Å². The van der Waals surface area contributed by atoms with E-state index in [2.05, 4.69) is 0 Å². The van der Waals surface area contributed by atoms with Gasteiger partial charge < -0.3 is 9.47 Å². The number of carbonyl (C=O) groups is 1. The first-order chi connectivity index (χ1) is 9.63. The van der Waals surface area contributed by atoms with Crippen molar-refractivity contribution in [3.8, 4) is 5.75 Å². The second kappa shape index (κ2) is 6.01. The molecule has 20 heavy (non-hydrogen) atoms. The van der Waals surface area contributed by atoms with Crippen LogP contribution in [-0.2, 0) is 9.53 Å². The Morgan fingerprint density at radius 3 is 2.50 bits per heavy atom. The monoisotopic (exact) mass is 275 g/mol. The number of hydrogen-bond donors (Lipinski definition) is 0. The number of benzene rings is 1. The summed E-state index contributed by atoms with van der Waals surface area (Å²) in [6.07, 6.45) is 3.60. The summed E-state index contributed by atoms with van der Waals surface area (Å²) >= 11 is 0. The highest BCUT2D eigenvalue weighted by molar-refractivity contribution is 5.74. The Hall–Kier alpha value is -2.63. The largest absolute Gasteiger partial charge is 0.497 e. The van der Waals surface area contributed by atoms with E-state index in [-0.39, 0.29) is 5.69 Å². The quantitative estimate of drug-likeness (QED) is 0.469. The Bertz CT molecular complexity index is 586. The van der Waals surface area contributed by atoms with Crippen LogP contribution in [-0.4, -0.2) is 18.3 Å². The second-order valence-electron chi connectivity index (χ2n) is 4.18. The van der Waals surface area contributed by atoms with E-state index in [0.29, 0.717) is 35.7 Å². The third kappa shape index (κ3) is 3.03. The smallest absolute Gasteiger partial charge is 0.269 e. The molecule has 104 valence electrons. The molecule has 0 saturated heterocycles. The summed E-state index contributed by atoms with van der Waals surface area (Å²) in [4.78, 5) is 20.9. The van der Waals surface area contributed by atoms with E-state index in [0.717, 1.165) is 6.29 Å². The van der Waals surface area contributed by atoms with E-state index in [4.69, 9.17) is 9.47 Å². The summed E-state index contributed by atoms with van der Waals surface area (Å²) in [5.74, 6) is 1.55. The van der Waals surface area contributed by atoms with E-state index in [9.17, 15) is 14.9 Å². The minimum Gasteiger partial charge on any atom is -0.497 e. The number of non-ortho nitro benzene ring substituents is 1. The summed E-state index contributed by atoms with van der Waals surface area (Å²) in [6.45, 7) is 0. The number of hydrogen-bond acceptors (Lipinski definition) is 5. The lowest BCUT2D eigenvalue weighted by molar-refractivity contribution is -0.384. The lowest BCUT2D eigenvalue weighted by Gasteiger charge is -2.17. The third-order valence-electron chi connectivity index (χ3n) is 2.91. The van der Waals surface area contributed by atoms with E-state index in [1.807, 2.05) is 0 Å². The van der Waals surface area contributed by atoms with Gasteiger partial charge in [-0.1, -0.05) is 0 Å². The zero-order chi connectivity index (χ0) is 14.5. The molecular weight excluding hydrogens is 262 g/mol. The Labute approximate surface area is 115 Å². The van der Waals surface area contributed by atoms with Crippen LogP contribution >= 0.6 is 0 Å². The standard InChI is InChI=1S/C14H13NO5/c1-19-13-7-2-10(9-16)8-14(13)20-12-5-3-11(4-6-12)15(17)18/h3-6,8-9H,2,7H2,1H3. The first-order valence-electron chi connectivity index (χ1n) is 5.99. The van der Waals surface area contributed by atoms with E-state index in [1.54, 1.807) is 6.08 Å². The molecule has 0 N–H and O–H groups in total. The molecule has 0 unspecified atom stereocenters. The molecule has 0 amide bonds. The average molecular weight is 275 g/mol. The van der Waals surface area contributed by atoms with Crippen molar-refractivity contribution in [2.24, 2.45) is 0 Å². The maximum absolute atomic E-state index is 10.8. The van der Waals surface area contributed by atoms with Gasteiger partial charge in [0.25, 0.3) is 5.69 Å². The van der Waals surface area contributed by atoms with Gasteiger partial charge in [-0.05, 0) is 30.2 Å². The van der Waals surface area contributed by atoms with Crippen molar-refractivity contribution in [2.75, 3.05) is 7.11 Å². The van der Waals surface area contributed by atoms with Crippen molar-refractivity contribution in [1.29, 1.82) is 0 Å². The zero-order valence-corrected chi connectivity index (χ0v) is 10.9. The first kappa shape index (κ1) is 13.8. The highest BCUT2D eigenvalue weighted by Crippen LogP contribution is 2.27. The Kier molecular flexibility index (Phi) is 4.14. The van der Waals surface area contributed by atoms with Gasteiger partial charge in [-0.2, -0.15) is 0 Å². The predicted molar refractivity (Wildman–Crippen MR) is 71.1 cm³/mol. The molecule has 1 aliphatic carbocycles. The van der Waals surface area contributed by atoms with Crippen LogP contribution in [0.2, 0.25) is 0 Å². The van der Waals surface area contributed by atoms with Gasteiger partial charge in [0.1, 0.15) is 17.8 Å². The maximum atomic E-state index is 10.8. The molecule has 0 atom stereocenters. The molecule has 1 aliphatic rings.